The molecule has 0 unspecified atom stereocenters. The van der Waals surface area contributed by atoms with Gasteiger partial charge < -0.3 is 14.5 Å². The van der Waals surface area contributed by atoms with E-state index in [1.54, 1.807) is 11.6 Å². The van der Waals surface area contributed by atoms with Crippen LogP contribution in [0.5, 0.6) is 0 Å². The Balaban J connectivity index is 1.85. The Hall–Kier alpha value is -3.61. The van der Waals surface area contributed by atoms with Crippen LogP contribution in [0.1, 0.15) is 23.9 Å². The Kier molecular flexibility index (Phi) is 5.64. The maximum atomic E-state index is 12.8. The summed E-state index contributed by atoms with van der Waals surface area (Å²) < 4.78 is 1.80. The third-order valence-electron chi connectivity index (χ3n) is 5.22. The van der Waals surface area contributed by atoms with Gasteiger partial charge in [0.05, 0.1) is 22.4 Å². The minimum Gasteiger partial charge on any atom is -0.376 e. The Morgan fingerprint density at radius 2 is 1.87 bits per heavy atom. The number of imidazole rings is 1. The van der Waals surface area contributed by atoms with Gasteiger partial charge in [-0.2, -0.15) is 0 Å². The van der Waals surface area contributed by atoms with Crippen molar-refractivity contribution in [2.24, 2.45) is 7.05 Å². The predicted octanol–water partition coefficient (Wildman–Crippen LogP) is 3.38. The lowest BCUT2D eigenvalue weighted by molar-refractivity contribution is -0.133. The van der Waals surface area contributed by atoms with Crippen LogP contribution in [0.4, 0.5) is 5.95 Å². The summed E-state index contributed by atoms with van der Waals surface area (Å²) in [4.78, 5) is 36.4. The highest BCUT2D eigenvalue weighted by molar-refractivity contribution is 6.45. The lowest BCUT2D eigenvalue weighted by Crippen LogP contribution is -2.34. The van der Waals surface area contributed by atoms with Gasteiger partial charge in [-0.1, -0.05) is 18.7 Å². The Bertz CT molecular complexity index is 1180. The number of carbonyl (C=O) groups is 2. The van der Waals surface area contributed by atoms with Crippen LogP contribution in [0, 0.1) is 6.92 Å². The van der Waals surface area contributed by atoms with Gasteiger partial charge in [0, 0.05) is 33.9 Å². The molecule has 1 amide bonds. The average molecular weight is 406 g/mol. The molecule has 1 N–H and O–H groups in total. The van der Waals surface area contributed by atoms with Crippen molar-refractivity contribution < 1.29 is 9.59 Å². The minimum absolute atomic E-state index is 0.419. The number of hydrogen-bond donors (Lipinski definition) is 1. The van der Waals surface area contributed by atoms with Gasteiger partial charge in [0.1, 0.15) is 0 Å². The zero-order valence-electron chi connectivity index (χ0n) is 18.3. The maximum absolute atomic E-state index is 12.8. The lowest BCUT2D eigenvalue weighted by atomic mass is 10.1. The highest BCUT2D eigenvalue weighted by Gasteiger charge is 2.23. The van der Waals surface area contributed by atoms with E-state index in [4.69, 9.17) is 0 Å². The number of ketones is 1. The number of aromatic amines is 1. The van der Waals surface area contributed by atoms with E-state index in [0.29, 0.717) is 11.5 Å². The fourth-order valence-corrected chi connectivity index (χ4v) is 3.39. The van der Waals surface area contributed by atoms with E-state index >= 15 is 0 Å². The number of allylic oxidation sites excluding steroid dienone is 1. The summed E-state index contributed by atoms with van der Waals surface area (Å²) in [6.45, 7) is 7.79. The molecule has 1 aromatic carbocycles. The number of aromatic nitrogens is 3. The van der Waals surface area contributed by atoms with Crippen molar-refractivity contribution in [3.8, 4) is 0 Å². The molecule has 2 aromatic heterocycles. The van der Waals surface area contributed by atoms with Crippen LogP contribution in [0.15, 0.2) is 43.0 Å². The number of nitrogens with zero attached hydrogens (tertiary/aromatic N) is 4. The molecule has 2 heterocycles. The first-order valence-electron chi connectivity index (χ1n) is 9.60. The maximum Gasteiger partial charge on any atom is 0.300 e. The number of amides is 1. The van der Waals surface area contributed by atoms with Gasteiger partial charge in [0.25, 0.3) is 0 Å². The lowest BCUT2D eigenvalue weighted by Gasteiger charge is -2.15. The van der Waals surface area contributed by atoms with Gasteiger partial charge in [0.2, 0.25) is 11.7 Å². The molecule has 0 radical (unpaired) electrons. The van der Waals surface area contributed by atoms with Gasteiger partial charge in [-0.05, 0) is 49.3 Å². The molecule has 0 spiro atoms. The van der Waals surface area contributed by atoms with Crippen LogP contribution in [0.3, 0.4) is 0 Å². The molecule has 30 heavy (non-hydrogen) atoms. The first-order valence-corrected chi connectivity index (χ1v) is 9.60. The van der Waals surface area contributed by atoms with Crippen molar-refractivity contribution in [2.75, 3.05) is 26.0 Å². The number of benzene rings is 1. The smallest absolute Gasteiger partial charge is 0.300 e. The van der Waals surface area contributed by atoms with Crippen LogP contribution >= 0.6 is 0 Å². The second kappa shape index (κ2) is 8.02. The molecule has 156 valence electrons. The van der Waals surface area contributed by atoms with Gasteiger partial charge in [-0.15, -0.1) is 0 Å². The summed E-state index contributed by atoms with van der Waals surface area (Å²) in [7, 11) is 7.22. The SMILES string of the molecule is C=C(c1cc(/C(C)=C/C(=O)C(=O)N(C)c2nc3ccccc3n2C)c(C)[nH]1)N(C)C. The molecule has 7 heteroatoms. The first-order chi connectivity index (χ1) is 14.1. The van der Waals surface area contributed by atoms with E-state index in [0.717, 1.165) is 33.7 Å². The molecule has 0 atom stereocenters. The van der Waals surface area contributed by atoms with E-state index in [1.807, 2.05) is 70.2 Å². The Morgan fingerprint density at radius 3 is 2.50 bits per heavy atom. The van der Waals surface area contributed by atoms with Gasteiger partial charge in [0.15, 0.2) is 0 Å². The molecule has 3 rings (SSSR count). The Labute approximate surface area is 176 Å². The predicted molar refractivity (Wildman–Crippen MR) is 121 cm³/mol. The van der Waals surface area contributed by atoms with Crippen molar-refractivity contribution in [3.05, 3.63) is 59.9 Å². The summed E-state index contributed by atoms with van der Waals surface area (Å²) in [5.41, 5.74) is 5.86. The summed E-state index contributed by atoms with van der Waals surface area (Å²) in [6, 6.07) is 9.53. The van der Waals surface area contributed by atoms with E-state index < -0.39 is 11.7 Å². The summed E-state index contributed by atoms with van der Waals surface area (Å²) in [6.07, 6.45) is 1.37. The van der Waals surface area contributed by atoms with Crippen molar-refractivity contribution >= 4 is 39.9 Å². The fourth-order valence-electron chi connectivity index (χ4n) is 3.39. The van der Waals surface area contributed by atoms with Gasteiger partial charge >= 0.3 is 5.91 Å². The summed E-state index contributed by atoms with van der Waals surface area (Å²) in [5, 5.41) is 0. The molecular formula is C23H27N5O2. The summed E-state index contributed by atoms with van der Waals surface area (Å²) >= 11 is 0. The fraction of sp³-hybridized carbons (Fsp3) is 0.261. The van der Waals surface area contributed by atoms with Crippen LogP contribution < -0.4 is 4.90 Å². The molecule has 3 aromatic rings. The number of H-pyrrole nitrogens is 1. The number of rotatable bonds is 6. The molecule has 0 bridgehead atoms. The molecule has 0 aliphatic heterocycles. The molecular weight excluding hydrogens is 378 g/mol. The third kappa shape index (κ3) is 3.78. The van der Waals surface area contributed by atoms with E-state index in [9.17, 15) is 9.59 Å². The second-order valence-corrected chi connectivity index (χ2v) is 7.58. The number of fused-ring (bicyclic) bond motifs is 1. The van der Waals surface area contributed by atoms with Crippen molar-refractivity contribution in [1.29, 1.82) is 0 Å². The molecule has 7 nitrogen and oxygen atoms in total. The number of para-hydroxylation sites is 2. The standard InChI is InChI=1S/C23H27N5O2/c1-14(17-13-19(24-15(17)2)16(3)26(4)5)12-21(29)22(30)28(7)23-25-18-10-8-9-11-20(18)27(23)6/h8-13,24H,3H2,1-2,4-7H3/b14-12+. The normalized spacial score (nSPS) is 11.6. The molecule has 0 saturated carbocycles. The number of nitrogens with one attached hydrogen (secondary N) is 1. The number of carbonyl (C=O) groups excluding carboxylic acids is 2. The van der Waals surface area contributed by atoms with E-state index in [1.165, 1.54) is 11.0 Å². The zero-order valence-corrected chi connectivity index (χ0v) is 18.3. The summed E-state index contributed by atoms with van der Waals surface area (Å²) in [5.74, 6) is -0.822. The minimum atomic E-state index is -0.640. The second-order valence-electron chi connectivity index (χ2n) is 7.58. The van der Waals surface area contributed by atoms with Gasteiger partial charge in [-0.25, -0.2) is 4.98 Å². The monoisotopic (exact) mass is 405 g/mol. The number of anilines is 1. The molecule has 0 aliphatic carbocycles. The Morgan fingerprint density at radius 1 is 1.20 bits per heavy atom. The number of hydrogen-bond acceptors (Lipinski definition) is 4. The van der Waals surface area contributed by atoms with Gasteiger partial charge in [-0.3, -0.25) is 14.5 Å². The highest BCUT2D eigenvalue weighted by atomic mass is 16.2. The highest BCUT2D eigenvalue weighted by Crippen LogP contribution is 2.24. The number of aryl methyl sites for hydroxylation is 2. The van der Waals surface area contributed by atoms with E-state index in [-0.39, 0.29) is 0 Å². The van der Waals surface area contributed by atoms with Crippen LogP contribution in [-0.2, 0) is 16.6 Å². The van der Waals surface area contributed by atoms with Crippen LogP contribution in [0.25, 0.3) is 22.3 Å². The van der Waals surface area contributed by atoms with Crippen LogP contribution in [0.2, 0.25) is 0 Å². The molecule has 0 aliphatic rings. The zero-order chi connectivity index (χ0) is 22.2. The van der Waals surface area contributed by atoms with Crippen molar-refractivity contribution in [1.82, 2.24) is 19.4 Å². The topological polar surface area (TPSA) is 74.2 Å². The van der Waals surface area contributed by atoms with E-state index in [2.05, 4.69) is 16.5 Å². The number of likely N-dealkylation sites (N-methyl/N-ethyl adjacent to an activating group) is 1. The first kappa shape index (κ1) is 21.1. The largest absolute Gasteiger partial charge is 0.376 e. The van der Waals surface area contributed by atoms with Crippen molar-refractivity contribution in [3.63, 3.8) is 0 Å². The quantitative estimate of drug-likeness (QED) is 0.504. The van der Waals surface area contributed by atoms with Crippen LogP contribution in [-0.4, -0.2) is 52.3 Å². The molecule has 0 fully saturated rings. The molecule has 0 saturated heterocycles. The van der Waals surface area contributed by atoms with Crippen molar-refractivity contribution in [2.45, 2.75) is 13.8 Å². The average Bonchev–Trinajstić information content (AvgIpc) is 3.26. The third-order valence-corrected chi connectivity index (χ3v) is 5.22.